The quantitative estimate of drug-likeness (QED) is 0.260. The van der Waals surface area contributed by atoms with E-state index in [4.69, 9.17) is 24.3 Å². The van der Waals surface area contributed by atoms with Gasteiger partial charge < -0.3 is 24.3 Å². The highest BCUT2D eigenvalue weighted by Gasteiger charge is 2.29. The molecule has 4 heterocycles. The molecule has 5 rings (SSSR count). The second kappa shape index (κ2) is 15.4. The Hall–Kier alpha value is -5.08. The number of rotatable bonds is 6. The molecule has 0 radical (unpaired) electrons. The molecule has 21 heteroatoms. The number of hydrogen-bond donors (Lipinski definition) is 0. The minimum atomic E-state index is -5.19. The number of pyridine rings is 1. The van der Waals surface area contributed by atoms with E-state index in [1.54, 1.807) is 12.1 Å². The molecule has 266 valence electrons. The predicted molar refractivity (Wildman–Crippen MR) is 151 cm³/mol. The minimum Gasteiger partial charge on any atom is -0.542 e. The Kier molecular flexibility index (Phi) is 12.1. The van der Waals surface area contributed by atoms with Crippen LogP contribution in [0.3, 0.4) is 0 Å². The average Bonchev–Trinajstić information content (AvgIpc) is 3.64. The Morgan fingerprint density at radius 3 is 2.02 bits per heavy atom. The number of carboxylic acids is 2. The molecule has 0 aliphatic carbocycles. The van der Waals surface area contributed by atoms with Gasteiger partial charge in [0.1, 0.15) is 17.8 Å². The maximum absolute atomic E-state index is 11.7. The molecule has 1 N–H and O–H groups in total. The smallest absolute Gasteiger partial charge is 0.430 e. The number of aromatic amines is 1. The molecule has 1 aromatic carbocycles. The number of halogens is 6. The lowest BCUT2D eigenvalue weighted by molar-refractivity contribution is -0.364. The van der Waals surface area contributed by atoms with Crippen molar-refractivity contribution in [3.8, 4) is 23.1 Å². The zero-order chi connectivity index (χ0) is 36.7. The van der Waals surface area contributed by atoms with Gasteiger partial charge in [0.05, 0.1) is 30.7 Å². The highest BCUT2D eigenvalue weighted by Crippen LogP contribution is 2.23. The maximum Gasteiger partial charge on any atom is 0.430 e. The Bertz CT molecular complexity index is 1830. The number of H-pyrrole nitrogens is 1. The van der Waals surface area contributed by atoms with Gasteiger partial charge in [-0.05, 0) is 61.6 Å². The molecule has 1 fully saturated rings. The number of hydrogen-bond acceptors (Lipinski definition) is 12. The summed E-state index contributed by atoms with van der Waals surface area (Å²) < 4.78 is 93.7. The molecule has 4 aromatic rings. The third-order valence-electron chi connectivity index (χ3n) is 6.78. The molecule has 1 saturated heterocycles. The van der Waals surface area contributed by atoms with Crippen LogP contribution in [0, 0.1) is 12.8 Å². The van der Waals surface area contributed by atoms with Gasteiger partial charge in [0.15, 0.2) is 9.84 Å². The Morgan fingerprint density at radius 1 is 0.959 bits per heavy atom. The van der Waals surface area contributed by atoms with Crippen LogP contribution in [0.4, 0.5) is 32.2 Å². The van der Waals surface area contributed by atoms with Crippen LogP contribution in [0.2, 0.25) is 0 Å². The topological polar surface area (TPSA) is 201 Å². The monoisotopic (exact) mass is 720 g/mol. The summed E-state index contributed by atoms with van der Waals surface area (Å²) in [6, 6.07) is 10.6. The third-order valence-corrected chi connectivity index (χ3v) is 7.91. The first-order valence-corrected chi connectivity index (χ1v) is 15.9. The normalized spacial score (nSPS) is 13.9. The lowest BCUT2D eigenvalue weighted by Gasteiger charge is -2.25. The summed E-state index contributed by atoms with van der Waals surface area (Å²) in [5.41, 5.74) is 1.76. The minimum absolute atomic E-state index is 0.207. The number of sulfone groups is 1. The number of aryl methyl sites for hydroxylation is 1. The van der Waals surface area contributed by atoms with E-state index in [2.05, 4.69) is 43.1 Å². The van der Waals surface area contributed by atoms with Crippen LogP contribution in [-0.2, 0) is 26.0 Å². The Balaban J connectivity index is 0.000000392. The fourth-order valence-corrected chi connectivity index (χ4v) is 4.78. The number of piperidine rings is 1. The molecule has 0 amide bonds. The predicted octanol–water partition coefficient (Wildman–Crippen LogP) is 1.40. The summed E-state index contributed by atoms with van der Waals surface area (Å²) in [7, 11) is -3.27. The van der Waals surface area contributed by atoms with E-state index in [1.165, 1.54) is 31.2 Å². The molecule has 0 atom stereocenters. The van der Waals surface area contributed by atoms with E-state index in [9.17, 15) is 34.8 Å². The summed E-state index contributed by atoms with van der Waals surface area (Å²) in [6.07, 6.45) is -4.84. The first-order chi connectivity index (χ1) is 22.6. The summed E-state index contributed by atoms with van der Waals surface area (Å²) >= 11 is 0. The van der Waals surface area contributed by atoms with Crippen LogP contribution in [0.1, 0.15) is 31.2 Å². The number of carboxylic acid groups (broad SMARTS) is 2. The molecule has 1 aliphatic heterocycles. The number of anilines is 1. The van der Waals surface area contributed by atoms with E-state index in [0.717, 1.165) is 36.2 Å². The van der Waals surface area contributed by atoms with Crippen molar-refractivity contribution in [3.05, 3.63) is 54.0 Å². The zero-order valence-corrected chi connectivity index (χ0v) is 26.7. The third kappa shape index (κ3) is 11.3. The van der Waals surface area contributed by atoms with Gasteiger partial charge in [-0.2, -0.15) is 31.3 Å². The Morgan fingerprint density at radius 2 is 1.51 bits per heavy atom. The number of benzene rings is 1. The van der Waals surface area contributed by atoms with Gasteiger partial charge >= 0.3 is 12.4 Å². The van der Waals surface area contributed by atoms with Gasteiger partial charge in [0.2, 0.25) is 11.6 Å². The number of aromatic nitrogens is 6. The van der Waals surface area contributed by atoms with Crippen LogP contribution in [0.25, 0.3) is 23.1 Å². The number of alkyl halides is 6. The van der Waals surface area contributed by atoms with Crippen LogP contribution in [0.5, 0.6) is 0 Å². The van der Waals surface area contributed by atoms with Crippen LogP contribution in [0.15, 0.2) is 52.0 Å². The first kappa shape index (κ1) is 38.4. The van der Waals surface area contributed by atoms with Crippen molar-refractivity contribution in [1.82, 2.24) is 24.9 Å². The number of nitrogens with one attached hydrogen (secondary N) is 1. The number of nitrogens with zero attached hydrogens (tertiary/aromatic N) is 6. The summed E-state index contributed by atoms with van der Waals surface area (Å²) in [5, 5.41) is 26.2. The summed E-state index contributed by atoms with van der Waals surface area (Å²) in [4.78, 5) is 32.5. The van der Waals surface area contributed by atoms with Gasteiger partial charge in [-0.1, -0.05) is 12.1 Å². The molecule has 0 spiro atoms. The molecular weight excluding hydrogens is 692 g/mol. The molecule has 0 bridgehead atoms. The van der Waals surface area contributed by atoms with Gasteiger partial charge in [0, 0.05) is 17.9 Å². The van der Waals surface area contributed by atoms with E-state index >= 15 is 0 Å². The highest BCUT2D eigenvalue weighted by atomic mass is 32.2. The van der Waals surface area contributed by atoms with Crippen molar-refractivity contribution >= 4 is 27.6 Å². The van der Waals surface area contributed by atoms with Crippen molar-refractivity contribution in [2.75, 3.05) is 24.2 Å². The molecule has 3 aromatic heterocycles. The van der Waals surface area contributed by atoms with Gasteiger partial charge in [-0.15, -0.1) is 5.10 Å². The lowest BCUT2D eigenvalue weighted by Crippen LogP contribution is -2.37. The van der Waals surface area contributed by atoms with E-state index < -0.39 is 34.1 Å². The van der Waals surface area contributed by atoms with Crippen LogP contribution < -0.4 is 20.1 Å². The number of carbonyl (C=O) groups excluding carboxylic acids is 2. The van der Waals surface area contributed by atoms with E-state index in [1.807, 2.05) is 23.9 Å². The fraction of sp³-hybridized carbons (Fsp3) is 0.393. The fourth-order valence-electron chi connectivity index (χ4n) is 4.15. The second-order valence-electron chi connectivity index (χ2n) is 10.7. The lowest BCUT2D eigenvalue weighted by atomic mass is 9.99. The molecular formula is C28H28F6N7O7S-. The first-order valence-electron chi connectivity index (χ1n) is 14.0. The van der Waals surface area contributed by atoms with Crippen LogP contribution in [-0.4, -0.2) is 77.0 Å². The van der Waals surface area contributed by atoms with Crippen molar-refractivity contribution < 1.29 is 64.1 Å². The van der Waals surface area contributed by atoms with Crippen molar-refractivity contribution in [1.29, 1.82) is 0 Å². The molecule has 49 heavy (non-hydrogen) atoms. The van der Waals surface area contributed by atoms with E-state index in [-0.39, 0.29) is 10.8 Å². The maximum atomic E-state index is 11.7. The average molecular weight is 721 g/mol. The van der Waals surface area contributed by atoms with E-state index in [0.29, 0.717) is 23.8 Å². The Labute approximate surface area is 274 Å². The van der Waals surface area contributed by atoms with Crippen molar-refractivity contribution in [3.63, 3.8) is 0 Å². The standard InChI is InChI=1S/C24H27N7O3S.2C2HF3O2/c1-16-9-12-30(13-10-16)21-14-18(8-11-25-21)15-31-17(2)26-23(28-31)24-27-22(29-34-24)19-4-6-20(7-5-19)35(3,32)33;2*3-2(4,5)1(6)7/h4-8,11,14,16H,9-10,12-13,15H2,1-3H3;2*(H,6,7)/p-1. The van der Waals surface area contributed by atoms with Crippen LogP contribution >= 0.6 is 0 Å². The SMILES string of the molecule is Cc1nc(-c2nc(-c3ccc(S(C)(=O)=O)cc3)no2)nn1Cc1cc[nH+]c(N2CCC(C)CC2)c1.O=C([O-])C(F)(F)F.O=C([O-])C(F)(F)F. The zero-order valence-electron chi connectivity index (χ0n) is 25.9. The molecule has 14 nitrogen and oxygen atoms in total. The second-order valence-corrected chi connectivity index (χ2v) is 12.7. The summed E-state index contributed by atoms with van der Waals surface area (Å²) in [6.45, 7) is 6.89. The van der Waals surface area contributed by atoms with Crippen molar-refractivity contribution in [2.24, 2.45) is 5.92 Å². The van der Waals surface area contributed by atoms with Gasteiger partial charge in [0.25, 0.3) is 11.7 Å². The summed E-state index contributed by atoms with van der Waals surface area (Å²) in [5.74, 6) is -2.48. The molecule has 0 unspecified atom stereocenters. The largest absolute Gasteiger partial charge is 0.542 e. The molecule has 0 saturated carbocycles. The number of carbonyl (C=O) groups is 2. The van der Waals surface area contributed by atoms with Gasteiger partial charge in [-0.3, -0.25) is 4.90 Å². The number of aliphatic carboxylic acids is 2. The van der Waals surface area contributed by atoms with Crippen molar-refractivity contribution in [2.45, 2.75) is 50.5 Å². The highest BCUT2D eigenvalue weighted by molar-refractivity contribution is 7.90. The van der Waals surface area contributed by atoms with Gasteiger partial charge in [-0.25, -0.2) is 23.1 Å². The molecule has 1 aliphatic rings.